The molecule has 0 spiro atoms. The fourth-order valence-electron chi connectivity index (χ4n) is 2.07. The first-order valence-corrected chi connectivity index (χ1v) is 6.30. The monoisotopic (exact) mass is 274 g/mol. The number of hydrogen-bond acceptors (Lipinski definition) is 4. The van der Waals surface area contributed by atoms with Crippen LogP contribution in [0.3, 0.4) is 0 Å². The molecule has 1 aliphatic rings. The van der Waals surface area contributed by atoms with Gasteiger partial charge in [-0.05, 0) is 12.8 Å². The average Bonchev–Trinajstić information content (AvgIpc) is 3.19. The highest BCUT2D eigenvalue weighted by molar-refractivity contribution is 6.06. The highest BCUT2D eigenvalue weighted by Crippen LogP contribution is 2.42. The maximum Gasteiger partial charge on any atom is 0.261 e. The molecule has 1 aliphatic carbocycles. The zero-order chi connectivity index (χ0) is 14.1. The quantitative estimate of drug-likeness (QED) is 0.780. The minimum Gasteiger partial charge on any atom is -0.496 e. The molecule has 1 saturated carbocycles. The van der Waals surface area contributed by atoms with Crippen LogP contribution in [0, 0.1) is 0 Å². The Balaban J connectivity index is 1.85. The lowest BCUT2D eigenvalue weighted by Crippen LogP contribution is -2.16. The number of H-pyrrole nitrogens is 2. The molecule has 3 N–H and O–H groups in total. The van der Waals surface area contributed by atoms with Gasteiger partial charge in [0, 0.05) is 18.2 Å². The number of nitrogens with one attached hydrogen (secondary N) is 3. The predicted molar refractivity (Wildman–Crippen MR) is 72.1 cm³/mol. The van der Waals surface area contributed by atoms with Gasteiger partial charge in [-0.3, -0.25) is 14.7 Å². The first kappa shape index (κ1) is 12.5. The Labute approximate surface area is 114 Å². The minimum absolute atomic E-state index is 0.239. The average molecular weight is 274 g/mol. The molecule has 2 heterocycles. The van der Waals surface area contributed by atoms with Crippen molar-refractivity contribution in [1.82, 2.24) is 15.2 Å². The molecule has 0 bridgehead atoms. The molecule has 0 aromatic carbocycles. The van der Waals surface area contributed by atoms with Crippen molar-refractivity contribution < 1.29 is 9.53 Å². The van der Waals surface area contributed by atoms with Gasteiger partial charge in [0.25, 0.3) is 11.5 Å². The molecule has 2 aromatic rings. The number of aromatic nitrogens is 3. The number of amides is 1. The van der Waals surface area contributed by atoms with Crippen molar-refractivity contribution in [3.05, 3.63) is 40.1 Å². The van der Waals surface area contributed by atoms with Crippen LogP contribution in [0.25, 0.3) is 0 Å². The molecule has 104 valence electrons. The standard InChI is InChI=1S/C13H14N4O3/c1-20-10-4-11(18)14-5-8(10)13(19)16-9-6-15-17-12(9)7-2-3-7/h4-7H,2-3H2,1H3,(H,14,18)(H,15,17)(H,16,19). The van der Waals surface area contributed by atoms with Gasteiger partial charge in [0.1, 0.15) is 5.75 Å². The molecule has 0 radical (unpaired) electrons. The second-order valence-corrected chi connectivity index (χ2v) is 4.71. The smallest absolute Gasteiger partial charge is 0.261 e. The van der Waals surface area contributed by atoms with Gasteiger partial charge in [-0.2, -0.15) is 5.10 Å². The van der Waals surface area contributed by atoms with Gasteiger partial charge in [0.05, 0.1) is 30.3 Å². The number of anilines is 1. The third-order valence-corrected chi connectivity index (χ3v) is 3.25. The maximum absolute atomic E-state index is 12.2. The molecule has 7 nitrogen and oxygen atoms in total. The Hall–Kier alpha value is -2.57. The Morgan fingerprint density at radius 3 is 3.00 bits per heavy atom. The first-order valence-electron chi connectivity index (χ1n) is 6.30. The summed E-state index contributed by atoms with van der Waals surface area (Å²) in [6.45, 7) is 0. The van der Waals surface area contributed by atoms with E-state index in [0.29, 0.717) is 11.6 Å². The van der Waals surface area contributed by atoms with Crippen LogP contribution in [-0.2, 0) is 0 Å². The van der Waals surface area contributed by atoms with E-state index in [1.165, 1.54) is 19.4 Å². The van der Waals surface area contributed by atoms with Crippen LogP contribution in [0.5, 0.6) is 5.75 Å². The number of carbonyl (C=O) groups excluding carboxylic acids is 1. The van der Waals surface area contributed by atoms with E-state index in [2.05, 4.69) is 20.5 Å². The van der Waals surface area contributed by atoms with E-state index < -0.39 is 0 Å². The Bertz CT molecular complexity index is 700. The fraction of sp³-hybridized carbons (Fsp3) is 0.308. The van der Waals surface area contributed by atoms with Crippen molar-refractivity contribution in [2.45, 2.75) is 18.8 Å². The van der Waals surface area contributed by atoms with Crippen LogP contribution in [0.2, 0.25) is 0 Å². The van der Waals surface area contributed by atoms with Gasteiger partial charge in [-0.25, -0.2) is 0 Å². The summed E-state index contributed by atoms with van der Waals surface area (Å²) in [5, 5.41) is 9.65. The molecule has 20 heavy (non-hydrogen) atoms. The summed E-state index contributed by atoms with van der Waals surface area (Å²) in [6, 6.07) is 1.24. The largest absolute Gasteiger partial charge is 0.496 e. The molecule has 3 rings (SSSR count). The number of methoxy groups -OCH3 is 1. The zero-order valence-corrected chi connectivity index (χ0v) is 10.9. The number of aromatic amines is 2. The van der Waals surface area contributed by atoms with Gasteiger partial charge in [-0.1, -0.05) is 0 Å². The SMILES string of the molecule is COc1cc(=O)[nH]cc1C(=O)Nc1cn[nH]c1C1CC1. The van der Waals surface area contributed by atoms with Crippen molar-refractivity contribution in [2.75, 3.05) is 12.4 Å². The lowest BCUT2D eigenvalue weighted by molar-refractivity contribution is 0.102. The molecule has 0 unspecified atom stereocenters. The van der Waals surface area contributed by atoms with Crippen molar-refractivity contribution in [3.63, 3.8) is 0 Å². The highest BCUT2D eigenvalue weighted by Gasteiger charge is 2.28. The highest BCUT2D eigenvalue weighted by atomic mass is 16.5. The maximum atomic E-state index is 12.2. The zero-order valence-electron chi connectivity index (χ0n) is 10.9. The van der Waals surface area contributed by atoms with E-state index in [-0.39, 0.29) is 22.8 Å². The molecular weight excluding hydrogens is 260 g/mol. The van der Waals surface area contributed by atoms with Crippen molar-refractivity contribution in [1.29, 1.82) is 0 Å². The van der Waals surface area contributed by atoms with Crippen LogP contribution in [0.1, 0.15) is 34.8 Å². The lowest BCUT2D eigenvalue weighted by Gasteiger charge is -2.08. The molecule has 1 fully saturated rings. The van der Waals surface area contributed by atoms with Gasteiger partial charge in [0.15, 0.2) is 0 Å². The molecule has 2 aromatic heterocycles. The first-order chi connectivity index (χ1) is 9.69. The van der Waals surface area contributed by atoms with Crippen molar-refractivity contribution in [3.8, 4) is 5.75 Å². The van der Waals surface area contributed by atoms with Crippen LogP contribution in [0.4, 0.5) is 5.69 Å². The van der Waals surface area contributed by atoms with E-state index in [9.17, 15) is 9.59 Å². The van der Waals surface area contributed by atoms with Crippen molar-refractivity contribution >= 4 is 11.6 Å². The molecule has 0 saturated heterocycles. The molecule has 0 atom stereocenters. The van der Waals surface area contributed by atoms with Gasteiger partial charge >= 0.3 is 0 Å². The Morgan fingerprint density at radius 2 is 2.30 bits per heavy atom. The number of nitrogens with zero attached hydrogens (tertiary/aromatic N) is 1. The number of rotatable bonds is 4. The number of ether oxygens (including phenoxy) is 1. The lowest BCUT2D eigenvalue weighted by atomic mass is 10.2. The van der Waals surface area contributed by atoms with Gasteiger partial charge in [-0.15, -0.1) is 0 Å². The number of hydrogen-bond donors (Lipinski definition) is 3. The van der Waals surface area contributed by atoms with Crippen LogP contribution >= 0.6 is 0 Å². The summed E-state index contributed by atoms with van der Waals surface area (Å²) in [6.07, 6.45) is 5.14. The summed E-state index contributed by atoms with van der Waals surface area (Å²) in [5.74, 6) is 0.342. The molecule has 1 amide bonds. The van der Waals surface area contributed by atoms with E-state index in [0.717, 1.165) is 18.5 Å². The summed E-state index contributed by atoms with van der Waals surface area (Å²) in [4.78, 5) is 25.9. The van der Waals surface area contributed by atoms with Crippen molar-refractivity contribution in [2.24, 2.45) is 0 Å². The fourth-order valence-corrected chi connectivity index (χ4v) is 2.07. The van der Waals surface area contributed by atoms with Crippen LogP contribution in [0.15, 0.2) is 23.3 Å². The van der Waals surface area contributed by atoms with E-state index in [1.807, 2.05) is 0 Å². The minimum atomic E-state index is -0.346. The van der Waals surface area contributed by atoms with Gasteiger partial charge < -0.3 is 15.0 Å². The molecule has 7 heteroatoms. The Morgan fingerprint density at radius 1 is 1.50 bits per heavy atom. The molecule has 0 aliphatic heterocycles. The van der Waals surface area contributed by atoms with Gasteiger partial charge in [0.2, 0.25) is 0 Å². The third kappa shape index (κ3) is 2.29. The Kier molecular flexibility index (Phi) is 3.02. The predicted octanol–water partition coefficient (Wildman–Crippen LogP) is 1.24. The van der Waals surface area contributed by atoms with E-state index in [4.69, 9.17) is 4.74 Å². The number of pyridine rings is 1. The summed E-state index contributed by atoms with van der Waals surface area (Å²) >= 11 is 0. The van der Waals surface area contributed by atoms with E-state index >= 15 is 0 Å². The van der Waals surface area contributed by atoms with Crippen LogP contribution in [-0.4, -0.2) is 28.2 Å². The number of carbonyl (C=O) groups is 1. The second kappa shape index (κ2) is 4.84. The van der Waals surface area contributed by atoms with Crippen LogP contribution < -0.4 is 15.6 Å². The second-order valence-electron chi connectivity index (χ2n) is 4.71. The molecular formula is C13H14N4O3. The van der Waals surface area contributed by atoms with E-state index in [1.54, 1.807) is 6.20 Å². The topological polar surface area (TPSA) is 99.9 Å². The third-order valence-electron chi connectivity index (χ3n) is 3.25. The summed E-state index contributed by atoms with van der Waals surface area (Å²) in [5.41, 5.74) is 1.57. The normalized spacial score (nSPS) is 14.1. The summed E-state index contributed by atoms with van der Waals surface area (Å²) < 4.78 is 5.05. The summed E-state index contributed by atoms with van der Waals surface area (Å²) in [7, 11) is 1.42.